The summed E-state index contributed by atoms with van der Waals surface area (Å²) in [4.78, 5) is 17.1. The Labute approximate surface area is 216 Å². The Bertz CT molecular complexity index is 961. The van der Waals surface area contributed by atoms with Gasteiger partial charge < -0.3 is 15.4 Å². The van der Waals surface area contributed by atoms with Crippen LogP contribution in [-0.2, 0) is 10.8 Å². The third kappa shape index (κ3) is 7.29. The van der Waals surface area contributed by atoms with E-state index in [9.17, 15) is 4.79 Å². The van der Waals surface area contributed by atoms with Crippen molar-refractivity contribution >= 4 is 17.2 Å². The van der Waals surface area contributed by atoms with Gasteiger partial charge in [0.2, 0.25) is 0 Å². The van der Waals surface area contributed by atoms with Crippen molar-refractivity contribution < 1.29 is 9.53 Å². The molecular formula is C29H45N3O2S. The van der Waals surface area contributed by atoms with Gasteiger partial charge in [0.05, 0.1) is 11.6 Å². The molecule has 0 unspecified atom stereocenters. The molecule has 2 aromatic rings. The van der Waals surface area contributed by atoms with Gasteiger partial charge in [0.1, 0.15) is 11.4 Å². The monoisotopic (exact) mass is 499 g/mol. The van der Waals surface area contributed by atoms with Gasteiger partial charge in [-0.1, -0.05) is 53.7 Å². The molecule has 0 radical (unpaired) electrons. The van der Waals surface area contributed by atoms with E-state index in [1.165, 1.54) is 11.1 Å². The Morgan fingerprint density at radius 2 is 1.83 bits per heavy atom. The molecule has 35 heavy (non-hydrogen) atoms. The number of amides is 1. The summed E-state index contributed by atoms with van der Waals surface area (Å²) in [6.07, 6.45) is 6.14. The Morgan fingerprint density at radius 3 is 2.51 bits per heavy atom. The molecule has 5 nitrogen and oxygen atoms in total. The number of unbranched alkanes of at least 4 members (excludes halogenated alkanes) is 1. The summed E-state index contributed by atoms with van der Waals surface area (Å²) in [6.45, 7) is 17.0. The number of carbonyl (C=O) groups excluding carboxylic acids is 1. The van der Waals surface area contributed by atoms with E-state index in [0.29, 0.717) is 24.8 Å². The zero-order valence-electron chi connectivity index (χ0n) is 22.6. The van der Waals surface area contributed by atoms with E-state index in [1.807, 2.05) is 5.38 Å². The van der Waals surface area contributed by atoms with Gasteiger partial charge in [0.15, 0.2) is 0 Å². The molecule has 1 aliphatic heterocycles. The second kappa shape index (κ2) is 12.4. The van der Waals surface area contributed by atoms with Gasteiger partial charge in [-0.2, -0.15) is 0 Å². The third-order valence-corrected chi connectivity index (χ3v) is 8.82. The van der Waals surface area contributed by atoms with Crippen LogP contribution in [0.2, 0.25) is 0 Å². The number of hydrogen-bond acceptors (Lipinski definition) is 5. The molecule has 3 rings (SSSR count). The number of piperidine rings is 1. The first-order valence-corrected chi connectivity index (χ1v) is 14.3. The van der Waals surface area contributed by atoms with Gasteiger partial charge >= 0.3 is 0 Å². The fourth-order valence-electron chi connectivity index (χ4n) is 4.35. The number of aromatic nitrogens is 1. The fourth-order valence-corrected chi connectivity index (χ4v) is 5.32. The van der Waals surface area contributed by atoms with Crippen LogP contribution in [-0.4, -0.2) is 37.1 Å². The molecular weight excluding hydrogens is 454 g/mol. The summed E-state index contributed by atoms with van der Waals surface area (Å²) in [5.41, 5.74) is 3.43. The van der Waals surface area contributed by atoms with Crippen molar-refractivity contribution in [2.75, 3.05) is 26.2 Å². The lowest BCUT2D eigenvalue weighted by Gasteiger charge is -2.30. The average Bonchev–Trinajstić information content (AvgIpc) is 3.37. The van der Waals surface area contributed by atoms with Crippen LogP contribution in [0.15, 0.2) is 23.6 Å². The fraction of sp³-hybridized carbons (Fsp3) is 0.655. The molecule has 1 aliphatic rings. The zero-order chi connectivity index (χ0) is 25.5. The Hall–Kier alpha value is -1.92. The molecule has 0 bridgehead atoms. The summed E-state index contributed by atoms with van der Waals surface area (Å²) >= 11 is 1.62. The first kappa shape index (κ1) is 27.7. The number of carbonyl (C=O) groups is 1. The minimum absolute atomic E-state index is 0.0592. The van der Waals surface area contributed by atoms with Crippen LogP contribution in [0.25, 0.3) is 0 Å². The number of rotatable bonds is 12. The van der Waals surface area contributed by atoms with Crippen molar-refractivity contribution in [3.63, 3.8) is 0 Å². The molecule has 2 N–H and O–H groups in total. The molecule has 0 saturated carbocycles. The molecule has 0 aliphatic carbocycles. The predicted molar refractivity (Wildman–Crippen MR) is 147 cm³/mol. The largest absolute Gasteiger partial charge is 0.493 e. The van der Waals surface area contributed by atoms with E-state index in [-0.39, 0.29) is 16.7 Å². The lowest BCUT2D eigenvalue weighted by atomic mass is 9.76. The third-order valence-electron chi connectivity index (χ3n) is 7.82. The van der Waals surface area contributed by atoms with Gasteiger partial charge in [-0.15, -0.1) is 11.3 Å². The molecule has 6 heteroatoms. The van der Waals surface area contributed by atoms with Crippen LogP contribution >= 0.6 is 11.3 Å². The van der Waals surface area contributed by atoms with Crippen molar-refractivity contribution in [1.29, 1.82) is 0 Å². The summed E-state index contributed by atoms with van der Waals surface area (Å²) in [5.74, 6) is 1.41. The van der Waals surface area contributed by atoms with Crippen molar-refractivity contribution in [2.45, 2.75) is 96.8 Å². The highest BCUT2D eigenvalue weighted by atomic mass is 32.1. The topological polar surface area (TPSA) is 63.2 Å². The summed E-state index contributed by atoms with van der Waals surface area (Å²) < 4.78 is 6.26. The first-order chi connectivity index (χ1) is 16.7. The summed E-state index contributed by atoms with van der Waals surface area (Å²) in [6, 6.07) is 6.73. The van der Waals surface area contributed by atoms with Crippen LogP contribution in [0, 0.1) is 0 Å². The van der Waals surface area contributed by atoms with Gasteiger partial charge in [-0.25, -0.2) is 4.98 Å². The van der Waals surface area contributed by atoms with Crippen LogP contribution in [0.4, 0.5) is 0 Å². The molecule has 1 fully saturated rings. The summed E-state index contributed by atoms with van der Waals surface area (Å²) in [7, 11) is 0. The maximum absolute atomic E-state index is 12.5. The maximum Gasteiger partial charge on any atom is 0.270 e. The van der Waals surface area contributed by atoms with Crippen molar-refractivity contribution in [1.82, 2.24) is 15.6 Å². The Balaban J connectivity index is 1.47. The number of benzene rings is 1. The predicted octanol–water partition coefficient (Wildman–Crippen LogP) is 6.57. The van der Waals surface area contributed by atoms with Crippen LogP contribution in [0.3, 0.4) is 0 Å². The SMILES string of the molecule is CCC(C)(C)c1ccc(OCCCCNC(=O)c2csc(C3CCNCC3)n2)c(C(C)(C)CC)c1. The second-order valence-electron chi connectivity index (χ2n) is 11.1. The highest BCUT2D eigenvalue weighted by Gasteiger charge is 2.26. The van der Waals surface area contributed by atoms with Gasteiger partial charge in [-0.3, -0.25) is 4.79 Å². The molecule has 0 spiro atoms. The highest BCUT2D eigenvalue weighted by molar-refractivity contribution is 7.09. The quantitative estimate of drug-likeness (QED) is 0.324. The van der Waals surface area contributed by atoms with Gasteiger partial charge in [-0.05, 0) is 74.1 Å². The summed E-state index contributed by atoms with van der Waals surface area (Å²) in [5, 5.41) is 9.41. The van der Waals surface area contributed by atoms with E-state index in [1.54, 1.807) is 11.3 Å². The van der Waals surface area contributed by atoms with E-state index in [4.69, 9.17) is 4.74 Å². The molecule has 1 aromatic carbocycles. The minimum Gasteiger partial charge on any atom is -0.493 e. The Kier molecular flexibility index (Phi) is 9.77. The van der Waals surface area contributed by atoms with E-state index < -0.39 is 0 Å². The molecule has 194 valence electrons. The van der Waals surface area contributed by atoms with E-state index in [0.717, 1.165) is 62.4 Å². The van der Waals surface area contributed by atoms with Gasteiger partial charge in [0.25, 0.3) is 5.91 Å². The minimum atomic E-state index is -0.0662. The number of nitrogens with zero attached hydrogens (tertiary/aromatic N) is 1. The standard InChI is InChI=1S/C29H45N3O2S/c1-7-28(3,4)22-11-12-25(23(19-22)29(5,6)8-2)34-18-10-9-15-31-26(33)24-20-35-27(32-24)21-13-16-30-17-14-21/h11-12,19-21,30H,7-10,13-18H2,1-6H3,(H,31,33). The normalized spacial score (nSPS) is 15.3. The van der Waals surface area contributed by atoms with Crippen molar-refractivity contribution in [2.24, 2.45) is 0 Å². The lowest BCUT2D eigenvalue weighted by Crippen LogP contribution is -2.27. The highest BCUT2D eigenvalue weighted by Crippen LogP contribution is 2.38. The van der Waals surface area contributed by atoms with E-state index >= 15 is 0 Å². The molecule has 1 amide bonds. The maximum atomic E-state index is 12.5. The van der Waals surface area contributed by atoms with Crippen LogP contribution < -0.4 is 15.4 Å². The van der Waals surface area contributed by atoms with Crippen molar-refractivity contribution in [3.05, 3.63) is 45.4 Å². The Morgan fingerprint density at radius 1 is 1.11 bits per heavy atom. The van der Waals surface area contributed by atoms with Crippen LogP contribution in [0.5, 0.6) is 5.75 Å². The second-order valence-corrected chi connectivity index (χ2v) is 12.0. The smallest absolute Gasteiger partial charge is 0.270 e. The van der Waals surface area contributed by atoms with Crippen molar-refractivity contribution in [3.8, 4) is 5.75 Å². The van der Waals surface area contributed by atoms with Gasteiger partial charge in [0, 0.05) is 23.4 Å². The average molecular weight is 500 g/mol. The molecule has 1 saturated heterocycles. The molecule has 2 heterocycles. The number of thiazole rings is 1. The number of nitrogens with one attached hydrogen (secondary N) is 2. The lowest BCUT2D eigenvalue weighted by molar-refractivity contribution is 0.0947. The number of hydrogen-bond donors (Lipinski definition) is 2. The zero-order valence-corrected chi connectivity index (χ0v) is 23.4. The number of ether oxygens (including phenoxy) is 1. The van der Waals surface area contributed by atoms with Crippen LogP contribution in [0.1, 0.15) is 113 Å². The molecule has 1 aromatic heterocycles. The first-order valence-electron chi connectivity index (χ1n) is 13.4. The molecule has 0 atom stereocenters. The van der Waals surface area contributed by atoms with E-state index in [2.05, 4.69) is 75.4 Å².